The van der Waals surface area contributed by atoms with E-state index in [4.69, 9.17) is 9.15 Å². The van der Waals surface area contributed by atoms with Crippen molar-refractivity contribution >= 4 is 34.7 Å². The maximum Gasteiger partial charge on any atom is 0.396 e. The fourth-order valence-corrected chi connectivity index (χ4v) is 4.06. The Morgan fingerprint density at radius 2 is 2.00 bits per heavy atom. The molecule has 0 spiro atoms. The molecule has 2 N–H and O–H groups in total. The molecular weight excluding hydrogens is 473 g/mol. The van der Waals surface area contributed by atoms with E-state index in [0.29, 0.717) is 10.9 Å². The number of benzene rings is 2. The molecule has 2 aromatic carbocycles. The molecule has 12 heteroatoms. The summed E-state index contributed by atoms with van der Waals surface area (Å²) in [6.45, 7) is 1.85. The number of esters is 1. The summed E-state index contributed by atoms with van der Waals surface area (Å²) in [5.41, 5.74) is 1.05. The van der Waals surface area contributed by atoms with Crippen molar-refractivity contribution in [2.75, 3.05) is 11.9 Å². The summed E-state index contributed by atoms with van der Waals surface area (Å²) in [4.78, 5) is 44.0. The molecule has 182 valence electrons. The summed E-state index contributed by atoms with van der Waals surface area (Å²) in [5.74, 6) is -3.24. The van der Waals surface area contributed by atoms with Crippen molar-refractivity contribution in [2.24, 2.45) is 0 Å². The topological polar surface area (TPSA) is 148 Å². The van der Waals surface area contributed by atoms with E-state index in [2.05, 4.69) is 20.5 Å². The molecule has 0 bridgehead atoms. The van der Waals surface area contributed by atoms with Gasteiger partial charge in [0.25, 0.3) is 11.8 Å². The number of nitrogens with zero attached hydrogens (tertiary/aromatic N) is 4. The number of anilines is 1. The maximum absolute atomic E-state index is 13.4. The molecule has 2 amide bonds. The number of carbonyl (C=O) groups excluding carboxylic acids is 3. The third-order valence-corrected chi connectivity index (χ3v) is 5.60. The van der Waals surface area contributed by atoms with Gasteiger partial charge in [0.05, 0.1) is 17.7 Å². The number of phenols is 1. The van der Waals surface area contributed by atoms with E-state index in [1.165, 1.54) is 23.2 Å². The van der Waals surface area contributed by atoms with Crippen LogP contribution in [-0.4, -0.2) is 49.6 Å². The molecule has 3 heterocycles. The van der Waals surface area contributed by atoms with E-state index in [1.807, 2.05) is 0 Å². The average molecular weight is 491 g/mol. The second kappa shape index (κ2) is 9.06. The highest BCUT2D eigenvalue weighted by Gasteiger charge is 2.37. The number of rotatable bonds is 6. The number of phenolic OH excluding ortho intramolecular Hbond substituents is 1. The van der Waals surface area contributed by atoms with Crippen LogP contribution in [0, 0.1) is 5.82 Å². The fourth-order valence-electron chi connectivity index (χ4n) is 4.06. The zero-order chi connectivity index (χ0) is 25.4. The summed E-state index contributed by atoms with van der Waals surface area (Å²) in [6.07, 6.45) is 1.43. The second-order valence-electron chi connectivity index (χ2n) is 7.85. The molecule has 0 saturated heterocycles. The van der Waals surface area contributed by atoms with Crippen molar-refractivity contribution in [1.82, 2.24) is 20.1 Å². The van der Waals surface area contributed by atoms with Gasteiger partial charge in [-0.1, -0.05) is 28.4 Å². The van der Waals surface area contributed by atoms with Crippen molar-refractivity contribution in [1.29, 1.82) is 0 Å². The van der Waals surface area contributed by atoms with Gasteiger partial charge in [-0.25, -0.2) is 9.18 Å². The van der Waals surface area contributed by atoms with Crippen LogP contribution in [0.5, 0.6) is 5.75 Å². The van der Waals surface area contributed by atoms with Gasteiger partial charge in [0, 0.05) is 30.2 Å². The number of aromatic hydroxyl groups is 1. The SMILES string of the molecule is CCOC(=O)c1nnc(NC(=O)c2c3c(c(O)c4ncccc24)C(=O)N(Cc2ccc(F)cc2)C3)o1. The van der Waals surface area contributed by atoms with Crippen LogP contribution in [0.25, 0.3) is 10.9 Å². The van der Waals surface area contributed by atoms with Gasteiger partial charge < -0.3 is 19.2 Å². The minimum atomic E-state index is -0.840. The molecular formula is C24H18FN5O6. The van der Waals surface area contributed by atoms with E-state index >= 15 is 0 Å². The van der Waals surface area contributed by atoms with Crippen molar-refractivity contribution < 1.29 is 33.0 Å². The van der Waals surface area contributed by atoms with E-state index < -0.39 is 29.5 Å². The lowest BCUT2D eigenvalue weighted by molar-refractivity contribution is 0.0481. The molecule has 1 aliphatic heterocycles. The highest BCUT2D eigenvalue weighted by molar-refractivity contribution is 6.18. The van der Waals surface area contributed by atoms with E-state index in [1.54, 1.807) is 31.2 Å². The van der Waals surface area contributed by atoms with Gasteiger partial charge in [0.15, 0.2) is 5.75 Å². The van der Waals surface area contributed by atoms with Crippen LogP contribution in [0.15, 0.2) is 47.0 Å². The molecule has 0 unspecified atom stereocenters. The highest BCUT2D eigenvalue weighted by Crippen LogP contribution is 2.40. The number of nitrogens with one attached hydrogen (secondary N) is 1. The molecule has 1 aliphatic rings. The summed E-state index contributed by atoms with van der Waals surface area (Å²) in [5, 5.41) is 20.8. The standard InChI is InChI=1S/C24H18FN5O6/c1-2-35-23(34)21-28-29-24(36-21)27-20(32)16-14-4-3-9-26-18(14)19(31)17-15(16)11-30(22(17)33)10-12-5-7-13(25)8-6-12/h3-9,31H,2,10-11H2,1H3,(H,27,29,32). The number of fused-ring (bicyclic) bond motifs is 2. The largest absolute Gasteiger partial charge is 0.505 e. The monoisotopic (exact) mass is 491 g/mol. The third kappa shape index (κ3) is 3.98. The minimum Gasteiger partial charge on any atom is -0.505 e. The average Bonchev–Trinajstić information content (AvgIpc) is 3.46. The number of amides is 2. The first kappa shape index (κ1) is 22.9. The number of hydrogen-bond donors (Lipinski definition) is 2. The van der Waals surface area contributed by atoms with Crippen LogP contribution in [-0.2, 0) is 17.8 Å². The zero-order valence-electron chi connectivity index (χ0n) is 18.8. The molecule has 4 aromatic rings. The van der Waals surface area contributed by atoms with Gasteiger partial charge in [0.1, 0.15) is 11.3 Å². The van der Waals surface area contributed by atoms with E-state index in [-0.39, 0.29) is 53.7 Å². The van der Waals surface area contributed by atoms with E-state index in [0.717, 1.165) is 0 Å². The van der Waals surface area contributed by atoms with Crippen LogP contribution < -0.4 is 5.32 Å². The quantitative estimate of drug-likeness (QED) is 0.388. The summed E-state index contributed by atoms with van der Waals surface area (Å²) in [6, 6.07) is 8.49. The predicted molar refractivity (Wildman–Crippen MR) is 122 cm³/mol. The maximum atomic E-state index is 13.4. The lowest BCUT2D eigenvalue weighted by Crippen LogP contribution is -2.23. The third-order valence-electron chi connectivity index (χ3n) is 5.60. The second-order valence-corrected chi connectivity index (χ2v) is 7.85. The zero-order valence-corrected chi connectivity index (χ0v) is 18.8. The molecule has 0 saturated carbocycles. The Hall–Kier alpha value is -4.87. The Morgan fingerprint density at radius 3 is 2.75 bits per heavy atom. The van der Waals surface area contributed by atoms with Crippen molar-refractivity contribution in [2.45, 2.75) is 20.0 Å². The fraction of sp³-hybridized carbons (Fsp3) is 0.167. The van der Waals surface area contributed by atoms with Crippen molar-refractivity contribution in [3.8, 4) is 5.75 Å². The summed E-state index contributed by atoms with van der Waals surface area (Å²) >= 11 is 0. The van der Waals surface area contributed by atoms with Gasteiger partial charge in [0.2, 0.25) is 0 Å². The first-order valence-electron chi connectivity index (χ1n) is 10.9. The Labute approximate surface area is 202 Å². The minimum absolute atomic E-state index is 0.00456. The molecule has 0 atom stereocenters. The molecule has 0 fully saturated rings. The van der Waals surface area contributed by atoms with Crippen LogP contribution in [0.4, 0.5) is 10.4 Å². The summed E-state index contributed by atoms with van der Waals surface area (Å²) in [7, 11) is 0. The lowest BCUT2D eigenvalue weighted by Gasteiger charge is -2.15. The van der Waals surface area contributed by atoms with Gasteiger partial charge in [-0.2, -0.15) is 0 Å². The van der Waals surface area contributed by atoms with Crippen molar-refractivity contribution in [3.05, 3.63) is 76.6 Å². The number of carbonyl (C=O) groups is 3. The number of pyridine rings is 1. The lowest BCUT2D eigenvalue weighted by atomic mass is 9.96. The van der Waals surface area contributed by atoms with Crippen LogP contribution in [0.3, 0.4) is 0 Å². The molecule has 0 aliphatic carbocycles. The molecule has 0 radical (unpaired) electrons. The number of hydrogen-bond acceptors (Lipinski definition) is 9. The summed E-state index contributed by atoms with van der Waals surface area (Å²) < 4.78 is 23.3. The predicted octanol–water partition coefficient (Wildman–Crippen LogP) is 3.05. The van der Waals surface area contributed by atoms with Gasteiger partial charge in [-0.3, -0.25) is 19.9 Å². The van der Waals surface area contributed by atoms with Gasteiger partial charge >= 0.3 is 17.9 Å². The number of ether oxygens (including phenoxy) is 1. The van der Waals surface area contributed by atoms with Crippen LogP contribution in [0.2, 0.25) is 0 Å². The van der Waals surface area contributed by atoms with E-state index in [9.17, 15) is 23.9 Å². The number of halogens is 1. The molecule has 36 heavy (non-hydrogen) atoms. The van der Waals surface area contributed by atoms with Crippen LogP contribution >= 0.6 is 0 Å². The Kier molecular flexibility index (Phi) is 5.76. The molecule has 5 rings (SSSR count). The normalized spacial score (nSPS) is 12.6. The first-order chi connectivity index (χ1) is 17.4. The highest BCUT2D eigenvalue weighted by atomic mass is 19.1. The molecule has 2 aromatic heterocycles. The van der Waals surface area contributed by atoms with Gasteiger partial charge in [-0.15, -0.1) is 0 Å². The Bertz CT molecular complexity index is 1520. The number of aromatic nitrogens is 3. The van der Waals surface area contributed by atoms with Crippen LogP contribution in [0.1, 0.15) is 49.5 Å². The molecule has 11 nitrogen and oxygen atoms in total. The van der Waals surface area contributed by atoms with Crippen molar-refractivity contribution in [3.63, 3.8) is 0 Å². The smallest absolute Gasteiger partial charge is 0.396 e. The Balaban J connectivity index is 1.52. The Morgan fingerprint density at radius 1 is 1.22 bits per heavy atom. The van der Waals surface area contributed by atoms with Gasteiger partial charge in [-0.05, 0) is 30.7 Å². The first-order valence-corrected chi connectivity index (χ1v) is 10.9.